The molecule has 1 aliphatic rings. The van der Waals surface area contributed by atoms with Crippen molar-refractivity contribution in [1.29, 1.82) is 0 Å². The molecule has 1 saturated heterocycles. The van der Waals surface area contributed by atoms with E-state index < -0.39 is 10.0 Å². The van der Waals surface area contributed by atoms with Gasteiger partial charge in [0.15, 0.2) is 4.60 Å². The molecule has 0 aromatic carbocycles. The maximum Gasteiger partial charge on any atom is 0.260 e. The molecule has 2 atom stereocenters. The Kier molecular flexibility index (Phi) is 4.59. The van der Waals surface area contributed by atoms with Crippen molar-refractivity contribution < 1.29 is 8.42 Å². The number of halogens is 1. The van der Waals surface area contributed by atoms with Gasteiger partial charge < -0.3 is 5.32 Å². The van der Waals surface area contributed by atoms with E-state index >= 15 is 0 Å². The summed E-state index contributed by atoms with van der Waals surface area (Å²) >= 11 is 3.11. The van der Waals surface area contributed by atoms with Gasteiger partial charge in [-0.2, -0.15) is 0 Å². The van der Waals surface area contributed by atoms with Crippen LogP contribution < -0.4 is 10.0 Å². The number of aromatic nitrogens is 3. The van der Waals surface area contributed by atoms with Crippen LogP contribution in [0.15, 0.2) is 9.63 Å². The lowest BCUT2D eigenvalue weighted by Gasteiger charge is -2.28. The first-order valence-corrected chi connectivity index (χ1v) is 8.47. The highest BCUT2D eigenvalue weighted by Crippen LogP contribution is 2.20. The van der Waals surface area contributed by atoms with Crippen molar-refractivity contribution >= 4 is 26.0 Å². The van der Waals surface area contributed by atoms with E-state index in [1.807, 2.05) is 6.92 Å². The Morgan fingerprint density at radius 1 is 1.58 bits per heavy atom. The van der Waals surface area contributed by atoms with Crippen LogP contribution in [0.3, 0.4) is 0 Å². The molecular weight excluding hydrogens is 334 g/mol. The molecule has 7 nitrogen and oxygen atoms in total. The molecule has 1 fully saturated rings. The topological polar surface area (TPSA) is 88.9 Å². The van der Waals surface area contributed by atoms with Crippen LogP contribution in [0.2, 0.25) is 0 Å². The summed E-state index contributed by atoms with van der Waals surface area (Å²) in [6.45, 7) is 3.74. The van der Waals surface area contributed by atoms with E-state index in [0.29, 0.717) is 5.92 Å². The van der Waals surface area contributed by atoms with Crippen LogP contribution in [0.5, 0.6) is 0 Å². The number of hydrogen-bond acceptors (Lipinski definition) is 5. The molecule has 2 N–H and O–H groups in total. The van der Waals surface area contributed by atoms with Crippen LogP contribution in [-0.4, -0.2) is 42.5 Å². The number of nitrogens with one attached hydrogen (secondary N) is 2. The molecule has 0 spiro atoms. The van der Waals surface area contributed by atoms with Gasteiger partial charge in [0, 0.05) is 13.1 Å². The Morgan fingerprint density at radius 3 is 2.84 bits per heavy atom. The summed E-state index contributed by atoms with van der Waals surface area (Å²) in [6.07, 6.45) is 2.11. The molecule has 0 radical (unpaired) electrons. The monoisotopic (exact) mass is 351 g/mol. The number of hydrogen-bond donors (Lipinski definition) is 2. The predicted octanol–water partition coefficient (Wildman–Crippen LogP) is 0.244. The minimum absolute atomic E-state index is 0.0584. The number of nitrogens with zero attached hydrogens (tertiary/aromatic N) is 3. The first kappa shape index (κ1) is 14.9. The van der Waals surface area contributed by atoms with Crippen LogP contribution in [-0.2, 0) is 17.1 Å². The Balaban J connectivity index is 2.13. The highest BCUT2D eigenvalue weighted by molar-refractivity contribution is 9.10. The summed E-state index contributed by atoms with van der Waals surface area (Å²) < 4.78 is 28.8. The zero-order chi connectivity index (χ0) is 14.0. The highest BCUT2D eigenvalue weighted by atomic mass is 79.9. The Bertz CT molecular complexity index is 519. The molecule has 0 saturated carbocycles. The van der Waals surface area contributed by atoms with Gasteiger partial charge in [0.05, 0.1) is 0 Å². The van der Waals surface area contributed by atoms with Gasteiger partial charge in [0.2, 0.25) is 5.03 Å². The van der Waals surface area contributed by atoms with Crippen LogP contribution in [0.25, 0.3) is 0 Å². The third-order valence-electron chi connectivity index (χ3n) is 3.37. The van der Waals surface area contributed by atoms with E-state index in [2.05, 4.69) is 36.3 Å². The standard InChI is InChI=1S/C10H18BrN5O2S/c1-7(8-4-3-5-12-6-8)14-19(17,18)10-9(11)13-15-16(10)2/h7-8,12,14H,3-6H2,1-2H3. The summed E-state index contributed by atoms with van der Waals surface area (Å²) in [5, 5.41) is 10.7. The zero-order valence-corrected chi connectivity index (χ0v) is 13.3. The lowest BCUT2D eigenvalue weighted by molar-refractivity contribution is 0.320. The second-order valence-electron chi connectivity index (χ2n) is 4.83. The second-order valence-corrected chi connectivity index (χ2v) is 7.21. The van der Waals surface area contributed by atoms with Crippen molar-refractivity contribution in [2.75, 3.05) is 13.1 Å². The van der Waals surface area contributed by atoms with Gasteiger partial charge in [-0.3, -0.25) is 0 Å². The number of aryl methyl sites for hydroxylation is 1. The first-order valence-electron chi connectivity index (χ1n) is 6.20. The van der Waals surface area contributed by atoms with Gasteiger partial charge >= 0.3 is 0 Å². The average molecular weight is 352 g/mol. The maximum absolute atomic E-state index is 12.3. The van der Waals surface area contributed by atoms with E-state index in [0.717, 1.165) is 25.9 Å². The summed E-state index contributed by atoms with van der Waals surface area (Å²) in [4.78, 5) is 0. The smallest absolute Gasteiger partial charge is 0.260 e. The Morgan fingerprint density at radius 2 is 2.32 bits per heavy atom. The van der Waals surface area contributed by atoms with Crippen molar-refractivity contribution in [2.24, 2.45) is 13.0 Å². The van der Waals surface area contributed by atoms with Crippen molar-refractivity contribution in [1.82, 2.24) is 25.0 Å². The molecule has 1 aromatic rings. The molecule has 9 heteroatoms. The normalized spacial score (nSPS) is 22.4. The lowest BCUT2D eigenvalue weighted by Crippen LogP contribution is -2.44. The SMILES string of the molecule is CC(NS(=O)(=O)c1c(Br)nnn1C)C1CCCNC1. The van der Waals surface area contributed by atoms with E-state index in [-0.39, 0.29) is 15.7 Å². The van der Waals surface area contributed by atoms with Gasteiger partial charge in [0.1, 0.15) is 0 Å². The Hall–Kier alpha value is -0.510. The fourth-order valence-corrected chi connectivity index (χ4v) is 4.72. The van der Waals surface area contributed by atoms with Gasteiger partial charge in [-0.15, -0.1) is 5.10 Å². The predicted molar refractivity (Wildman–Crippen MR) is 74.1 cm³/mol. The van der Waals surface area contributed by atoms with Crippen molar-refractivity contribution in [3.8, 4) is 0 Å². The zero-order valence-electron chi connectivity index (χ0n) is 10.9. The van der Waals surface area contributed by atoms with Crippen LogP contribution in [0.4, 0.5) is 0 Å². The molecule has 0 bridgehead atoms. The minimum Gasteiger partial charge on any atom is -0.316 e. The molecule has 108 valence electrons. The molecule has 2 heterocycles. The van der Waals surface area contributed by atoms with Crippen molar-refractivity contribution in [3.63, 3.8) is 0 Å². The third-order valence-corrected chi connectivity index (χ3v) is 5.82. The van der Waals surface area contributed by atoms with E-state index in [1.54, 1.807) is 7.05 Å². The van der Waals surface area contributed by atoms with Gasteiger partial charge in [-0.1, -0.05) is 5.21 Å². The fourth-order valence-electron chi connectivity index (χ4n) is 2.31. The van der Waals surface area contributed by atoms with Gasteiger partial charge in [-0.25, -0.2) is 17.8 Å². The second kappa shape index (κ2) is 5.86. The molecule has 1 aromatic heterocycles. The third kappa shape index (κ3) is 3.33. The van der Waals surface area contributed by atoms with Crippen LogP contribution in [0.1, 0.15) is 19.8 Å². The number of piperidine rings is 1. The summed E-state index contributed by atoms with van der Waals surface area (Å²) in [6, 6.07) is -0.125. The van der Waals surface area contributed by atoms with Crippen molar-refractivity contribution in [2.45, 2.75) is 30.8 Å². The summed E-state index contributed by atoms with van der Waals surface area (Å²) in [5.41, 5.74) is 0. The van der Waals surface area contributed by atoms with Crippen molar-refractivity contribution in [3.05, 3.63) is 4.60 Å². The van der Waals surface area contributed by atoms with E-state index in [1.165, 1.54) is 4.68 Å². The maximum atomic E-state index is 12.3. The largest absolute Gasteiger partial charge is 0.316 e. The summed E-state index contributed by atoms with van der Waals surface area (Å²) in [5.74, 6) is 0.309. The molecule has 2 unspecified atom stereocenters. The first-order chi connectivity index (χ1) is 8.92. The van der Waals surface area contributed by atoms with E-state index in [9.17, 15) is 8.42 Å². The van der Waals surface area contributed by atoms with Crippen LogP contribution >= 0.6 is 15.9 Å². The van der Waals surface area contributed by atoms with Gasteiger partial charge in [0.25, 0.3) is 10.0 Å². The fraction of sp³-hybridized carbons (Fsp3) is 0.800. The summed E-state index contributed by atoms with van der Waals surface area (Å²) in [7, 11) is -2.06. The average Bonchev–Trinajstić information content (AvgIpc) is 2.70. The number of rotatable bonds is 4. The lowest BCUT2D eigenvalue weighted by atomic mass is 9.94. The molecular formula is C10H18BrN5O2S. The minimum atomic E-state index is -3.61. The number of sulfonamides is 1. The van der Waals surface area contributed by atoms with Crippen LogP contribution in [0, 0.1) is 5.92 Å². The molecule has 19 heavy (non-hydrogen) atoms. The highest BCUT2D eigenvalue weighted by Gasteiger charge is 2.29. The van der Waals surface area contributed by atoms with E-state index in [4.69, 9.17) is 0 Å². The Labute approximate surface area is 121 Å². The van der Waals surface area contributed by atoms with Gasteiger partial charge in [-0.05, 0) is 54.7 Å². The molecule has 0 aliphatic carbocycles. The molecule has 0 amide bonds. The molecule has 1 aliphatic heterocycles. The molecule has 2 rings (SSSR count). The quantitative estimate of drug-likeness (QED) is 0.811.